The molecule has 0 fully saturated rings. The van der Waals surface area contributed by atoms with Gasteiger partial charge in [-0.3, -0.25) is 4.98 Å². The molecule has 0 saturated heterocycles. The van der Waals surface area contributed by atoms with Gasteiger partial charge in [-0.1, -0.05) is 6.07 Å². The highest BCUT2D eigenvalue weighted by molar-refractivity contribution is 5.74. The van der Waals surface area contributed by atoms with Crippen molar-refractivity contribution in [3.63, 3.8) is 0 Å². The van der Waals surface area contributed by atoms with Crippen molar-refractivity contribution in [1.29, 1.82) is 0 Å². The lowest BCUT2D eigenvalue weighted by molar-refractivity contribution is 0.144. The summed E-state index contributed by atoms with van der Waals surface area (Å²) in [6, 6.07) is 3.39. The number of aromatic nitrogens is 4. The SMILES string of the molecule is CCn1ncnc1C(C)NC(=O)N(CCOC)Cc1cccnc1. The van der Waals surface area contributed by atoms with Gasteiger partial charge in [0.1, 0.15) is 12.2 Å². The number of nitrogens with zero attached hydrogens (tertiary/aromatic N) is 5. The number of rotatable bonds is 8. The molecule has 1 unspecified atom stereocenters. The fourth-order valence-electron chi connectivity index (χ4n) is 2.36. The summed E-state index contributed by atoms with van der Waals surface area (Å²) in [5, 5.41) is 7.11. The van der Waals surface area contributed by atoms with E-state index in [1.165, 1.54) is 6.33 Å². The Morgan fingerprint density at radius 1 is 1.50 bits per heavy atom. The van der Waals surface area contributed by atoms with Crippen molar-refractivity contribution in [2.24, 2.45) is 0 Å². The molecule has 0 aliphatic heterocycles. The second-order valence-electron chi connectivity index (χ2n) is 5.38. The monoisotopic (exact) mass is 332 g/mol. The number of ether oxygens (including phenoxy) is 1. The van der Waals surface area contributed by atoms with Gasteiger partial charge in [0.05, 0.1) is 12.6 Å². The molecule has 2 amide bonds. The van der Waals surface area contributed by atoms with Gasteiger partial charge in [0.15, 0.2) is 0 Å². The number of carbonyl (C=O) groups excluding carboxylic acids is 1. The van der Waals surface area contributed by atoms with E-state index in [-0.39, 0.29) is 12.1 Å². The van der Waals surface area contributed by atoms with Gasteiger partial charge in [-0.2, -0.15) is 5.10 Å². The predicted molar refractivity (Wildman–Crippen MR) is 89.2 cm³/mol. The van der Waals surface area contributed by atoms with E-state index >= 15 is 0 Å². The topological polar surface area (TPSA) is 85.2 Å². The van der Waals surface area contributed by atoms with E-state index in [1.54, 1.807) is 29.1 Å². The van der Waals surface area contributed by atoms with Crippen molar-refractivity contribution < 1.29 is 9.53 Å². The molecule has 1 atom stereocenters. The molecule has 2 heterocycles. The number of carbonyl (C=O) groups is 1. The predicted octanol–water partition coefficient (Wildman–Crippen LogP) is 1.61. The summed E-state index contributed by atoms with van der Waals surface area (Å²) >= 11 is 0. The summed E-state index contributed by atoms with van der Waals surface area (Å²) in [5.41, 5.74) is 0.966. The standard InChI is InChI=1S/C16H24N6O2/c1-4-22-15(18-12-19-22)13(2)20-16(23)21(8-9-24-3)11-14-6-5-7-17-10-14/h5-7,10,12-13H,4,8-9,11H2,1-3H3,(H,20,23). The van der Waals surface area contributed by atoms with Crippen molar-refractivity contribution in [3.05, 3.63) is 42.2 Å². The van der Waals surface area contributed by atoms with Crippen LogP contribution in [0.4, 0.5) is 4.79 Å². The largest absolute Gasteiger partial charge is 0.383 e. The molecule has 0 aliphatic rings. The van der Waals surface area contributed by atoms with Crippen molar-refractivity contribution >= 4 is 6.03 Å². The summed E-state index contributed by atoms with van der Waals surface area (Å²) < 4.78 is 6.88. The molecular formula is C16H24N6O2. The highest BCUT2D eigenvalue weighted by Gasteiger charge is 2.19. The van der Waals surface area contributed by atoms with Gasteiger partial charge in [0, 0.05) is 39.1 Å². The number of aryl methyl sites for hydroxylation is 1. The number of hydrogen-bond donors (Lipinski definition) is 1. The molecule has 0 aliphatic carbocycles. The molecule has 2 aromatic rings. The van der Waals surface area contributed by atoms with Crippen LogP contribution in [0.25, 0.3) is 0 Å². The quantitative estimate of drug-likeness (QED) is 0.794. The van der Waals surface area contributed by atoms with Gasteiger partial charge in [-0.25, -0.2) is 14.5 Å². The lowest BCUT2D eigenvalue weighted by Gasteiger charge is -2.25. The zero-order valence-electron chi connectivity index (χ0n) is 14.3. The van der Waals surface area contributed by atoms with Gasteiger partial charge < -0.3 is 15.0 Å². The molecule has 0 spiro atoms. The number of amides is 2. The molecule has 0 radical (unpaired) electrons. The first-order valence-corrected chi connectivity index (χ1v) is 7.96. The molecule has 8 heteroatoms. The van der Waals surface area contributed by atoms with Crippen LogP contribution in [0.2, 0.25) is 0 Å². The third-order valence-corrected chi connectivity index (χ3v) is 3.62. The summed E-state index contributed by atoms with van der Waals surface area (Å²) in [7, 11) is 1.62. The molecule has 0 saturated carbocycles. The van der Waals surface area contributed by atoms with Crippen LogP contribution < -0.4 is 5.32 Å². The van der Waals surface area contributed by atoms with Crippen molar-refractivity contribution in [3.8, 4) is 0 Å². The van der Waals surface area contributed by atoms with Crippen molar-refractivity contribution in [2.45, 2.75) is 33.0 Å². The first-order valence-electron chi connectivity index (χ1n) is 7.96. The summed E-state index contributed by atoms with van der Waals surface area (Å²) in [6.07, 6.45) is 4.97. The van der Waals surface area contributed by atoms with E-state index in [0.717, 1.165) is 11.4 Å². The van der Waals surface area contributed by atoms with Gasteiger partial charge in [-0.05, 0) is 25.5 Å². The average molecular weight is 332 g/mol. The van der Waals surface area contributed by atoms with Crippen LogP contribution in [0, 0.1) is 0 Å². The van der Waals surface area contributed by atoms with Crippen LogP contribution in [-0.2, 0) is 17.8 Å². The lowest BCUT2D eigenvalue weighted by Crippen LogP contribution is -2.42. The Hall–Kier alpha value is -2.48. The fraction of sp³-hybridized carbons (Fsp3) is 0.500. The van der Waals surface area contributed by atoms with Crippen molar-refractivity contribution in [2.75, 3.05) is 20.3 Å². The van der Waals surface area contributed by atoms with E-state index in [2.05, 4.69) is 20.4 Å². The van der Waals surface area contributed by atoms with Crippen LogP contribution in [-0.4, -0.2) is 50.9 Å². The Labute approximate surface area is 141 Å². The van der Waals surface area contributed by atoms with Gasteiger partial charge in [0.25, 0.3) is 0 Å². The van der Waals surface area contributed by atoms with Gasteiger partial charge in [-0.15, -0.1) is 0 Å². The first-order chi connectivity index (χ1) is 11.7. The summed E-state index contributed by atoms with van der Waals surface area (Å²) in [4.78, 5) is 22.7. The van der Waals surface area contributed by atoms with Crippen LogP contribution in [0.3, 0.4) is 0 Å². The minimum atomic E-state index is -0.237. The second-order valence-corrected chi connectivity index (χ2v) is 5.38. The first kappa shape index (κ1) is 17.9. The second kappa shape index (κ2) is 8.97. The molecule has 1 N–H and O–H groups in total. The summed E-state index contributed by atoms with van der Waals surface area (Å²) in [5.74, 6) is 0.735. The zero-order valence-corrected chi connectivity index (χ0v) is 14.3. The molecule has 0 aromatic carbocycles. The Morgan fingerprint density at radius 3 is 3.00 bits per heavy atom. The Bertz CT molecular complexity index is 631. The molecule has 2 aromatic heterocycles. The number of nitrogens with one attached hydrogen (secondary N) is 1. The van der Waals surface area contributed by atoms with E-state index in [4.69, 9.17) is 4.74 Å². The van der Waals surface area contributed by atoms with Crippen LogP contribution in [0.15, 0.2) is 30.9 Å². The Balaban J connectivity index is 2.03. The maximum atomic E-state index is 12.6. The van der Waals surface area contributed by atoms with Gasteiger partial charge in [0.2, 0.25) is 0 Å². The van der Waals surface area contributed by atoms with Crippen molar-refractivity contribution in [1.82, 2.24) is 30.0 Å². The molecular weight excluding hydrogens is 308 g/mol. The van der Waals surface area contributed by atoms with Crippen LogP contribution in [0.5, 0.6) is 0 Å². The Kier molecular flexibility index (Phi) is 6.68. The highest BCUT2D eigenvalue weighted by atomic mass is 16.5. The minimum absolute atomic E-state index is 0.172. The number of methoxy groups -OCH3 is 1. The fourth-order valence-corrected chi connectivity index (χ4v) is 2.36. The lowest BCUT2D eigenvalue weighted by atomic mass is 10.2. The number of urea groups is 1. The highest BCUT2D eigenvalue weighted by Crippen LogP contribution is 2.10. The molecule has 130 valence electrons. The van der Waals surface area contributed by atoms with E-state index in [9.17, 15) is 4.79 Å². The van der Waals surface area contributed by atoms with E-state index < -0.39 is 0 Å². The normalized spacial score (nSPS) is 12.0. The summed E-state index contributed by atoms with van der Waals surface area (Å²) in [6.45, 7) is 6.01. The van der Waals surface area contributed by atoms with E-state index in [0.29, 0.717) is 26.2 Å². The zero-order chi connectivity index (χ0) is 17.4. The molecule has 8 nitrogen and oxygen atoms in total. The van der Waals surface area contributed by atoms with Gasteiger partial charge >= 0.3 is 6.03 Å². The Morgan fingerprint density at radius 2 is 2.33 bits per heavy atom. The maximum Gasteiger partial charge on any atom is 0.318 e. The molecule has 0 bridgehead atoms. The molecule has 2 rings (SSSR count). The maximum absolute atomic E-state index is 12.6. The van der Waals surface area contributed by atoms with Crippen LogP contribution >= 0.6 is 0 Å². The van der Waals surface area contributed by atoms with E-state index in [1.807, 2.05) is 26.0 Å². The third-order valence-electron chi connectivity index (χ3n) is 3.62. The number of hydrogen-bond acceptors (Lipinski definition) is 5. The minimum Gasteiger partial charge on any atom is -0.383 e. The smallest absolute Gasteiger partial charge is 0.318 e. The average Bonchev–Trinajstić information content (AvgIpc) is 3.08. The molecule has 24 heavy (non-hydrogen) atoms. The third kappa shape index (κ3) is 4.76. The number of pyridine rings is 1. The van der Waals surface area contributed by atoms with Crippen LogP contribution in [0.1, 0.15) is 31.3 Å².